The van der Waals surface area contributed by atoms with Crippen LogP contribution < -0.4 is 0 Å². The molecule has 0 amide bonds. The number of pyridine rings is 1. The first-order valence-corrected chi connectivity index (χ1v) is 12.2. The molecule has 7 heteroatoms. The van der Waals surface area contributed by atoms with Crippen molar-refractivity contribution in [2.75, 3.05) is 0 Å². The molecular weight excluding hydrogens is 504 g/mol. The highest BCUT2D eigenvalue weighted by Crippen LogP contribution is 2.40. The maximum atomic E-state index is 15.1. The van der Waals surface area contributed by atoms with Gasteiger partial charge in [0, 0.05) is 27.6 Å². The zero-order chi connectivity index (χ0) is 28.0. The Labute approximate surface area is 227 Å². The molecule has 1 aromatic heterocycles. The van der Waals surface area contributed by atoms with Crippen molar-refractivity contribution < 1.29 is 8.78 Å². The number of hydrogen-bond donors (Lipinski definition) is 2. The van der Waals surface area contributed by atoms with Gasteiger partial charge in [-0.3, -0.25) is 10.8 Å². The number of halogens is 2. The van der Waals surface area contributed by atoms with Crippen LogP contribution in [0.1, 0.15) is 27.8 Å². The highest BCUT2D eigenvalue weighted by Gasteiger charge is 2.30. The predicted octanol–water partition coefficient (Wildman–Crippen LogP) is 7.53. The van der Waals surface area contributed by atoms with Crippen LogP contribution in [0, 0.1) is 45.1 Å². The van der Waals surface area contributed by atoms with Crippen LogP contribution in [0.4, 0.5) is 8.78 Å². The monoisotopic (exact) mass is 521 g/mol. The molecule has 0 bridgehead atoms. The van der Waals surface area contributed by atoms with E-state index in [1.807, 2.05) is 54.6 Å². The van der Waals surface area contributed by atoms with Gasteiger partial charge in [-0.2, -0.15) is 10.5 Å². The topological polar surface area (TPSA) is 108 Å². The van der Waals surface area contributed by atoms with Crippen LogP contribution in [0.25, 0.3) is 44.9 Å². The smallest absolute Gasteiger partial charge is 0.135 e. The highest BCUT2D eigenvalue weighted by molar-refractivity contribution is 6.64. The van der Waals surface area contributed by atoms with Crippen molar-refractivity contribution in [3.8, 4) is 34.5 Å². The first-order chi connectivity index (χ1) is 19.4. The van der Waals surface area contributed by atoms with E-state index in [-0.39, 0.29) is 22.6 Å². The molecule has 40 heavy (non-hydrogen) atoms. The SMILES string of the molecule is N#Cc1cc(F)c(C2=Cc3c(-c4ccccc4)nc4cc(-c5ccccc5C#N)ccc4c3C(=N)C2=N)c(F)c1. The predicted molar refractivity (Wildman–Crippen MR) is 151 cm³/mol. The van der Waals surface area contributed by atoms with Gasteiger partial charge >= 0.3 is 0 Å². The van der Waals surface area contributed by atoms with Crippen molar-refractivity contribution in [2.24, 2.45) is 0 Å². The molecule has 6 rings (SSSR count). The lowest BCUT2D eigenvalue weighted by Gasteiger charge is -2.24. The number of nitriles is 2. The Kier molecular flexibility index (Phi) is 5.83. The summed E-state index contributed by atoms with van der Waals surface area (Å²) in [5, 5.41) is 37.0. The summed E-state index contributed by atoms with van der Waals surface area (Å²) in [6.45, 7) is 0. The Morgan fingerprint density at radius 1 is 0.700 bits per heavy atom. The van der Waals surface area contributed by atoms with E-state index in [9.17, 15) is 5.26 Å². The fraction of sp³-hybridized carbons (Fsp3) is 0. The maximum Gasteiger partial charge on any atom is 0.135 e. The minimum atomic E-state index is -0.986. The molecule has 1 aliphatic rings. The lowest BCUT2D eigenvalue weighted by molar-refractivity contribution is 0.577. The Balaban J connectivity index is 1.67. The van der Waals surface area contributed by atoms with Crippen molar-refractivity contribution in [1.82, 2.24) is 4.98 Å². The highest BCUT2D eigenvalue weighted by atomic mass is 19.1. The third kappa shape index (κ3) is 3.86. The third-order valence-corrected chi connectivity index (χ3v) is 6.93. The summed E-state index contributed by atoms with van der Waals surface area (Å²) in [6.07, 6.45) is 1.50. The van der Waals surface area contributed by atoms with E-state index in [1.54, 1.807) is 24.3 Å². The Hall–Kier alpha value is -5.79. The van der Waals surface area contributed by atoms with Gasteiger partial charge in [0.05, 0.1) is 51.5 Å². The zero-order valence-electron chi connectivity index (χ0n) is 20.8. The normalized spacial score (nSPS) is 12.4. The van der Waals surface area contributed by atoms with Crippen LogP contribution in [-0.4, -0.2) is 16.4 Å². The number of benzene rings is 4. The van der Waals surface area contributed by atoms with Gasteiger partial charge in [-0.15, -0.1) is 0 Å². The molecule has 0 fully saturated rings. The molecule has 0 spiro atoms. The van der Waals surface area contributed by atoms with E-state index >= 15 is 8.78 Å². The lowest BCUT2D eigenvalue weighted by atomic mass is 9.81. The van der Waals surface area contributed by atoms with Crippen LogP contribution >= 0.6 is 0 Å². The lowest BCUT2D eigenvalue weighted by Crippen LogP contribution is -2.22. The minimum Gasteiger partial charge on any atom is -0.298 e. The fourth-order valence-electron chi connectivity index (χ4n) is 5.07. The largest absolute Gasteiger partial charge is 0.298 e. The molecule has 2 N–H and O–H groups in total. The van der Waals surface area contributed by atoms with Crippen LogP contribution in [0.15, 0.2) is 84.9 Å². The van der Waals surface area contributed by atoms with Gasteiger partial charge in [-0.25, -0.2) is 13.8 Å². The number of nitrogens with one attached hydrogen (secondary N) is 2. The number of aromatic nitrogens is 1. The molecule has 0 saturated heterocycles. The summed E-state index contributed by atoms with van der Waals surface area (Å²) in [4.78, 5) is 4.94. The van der Waals surface area contributed by atoms with Crippen molar-refractivity contribution in [3.63, 3.8) is 0 Å². The average Bonchev–Trinajstić information content (AvgIpc) is 2.98. The van der Waals surface area contributed by atoms with Crippen LogP contribution in [0.2, 0.25) is 0 Å². The summed E-state index contributed by atoms with van der Waals surface area (Å²) >= 11 is 0. The molecule has 5 aromatic rings. The number of allylic oxidation sites excluding steroid dienone is 1. The number of rotatable bonds is 3. The van der Waals surface area contributed by atoms with Crippen molar-refractivity contribution >= 4 is 34.0 Å². The maximum absolute atomic E-state index is 15.1. The average molecular weight is 522 g/mol. The molecule has 0 atom stereocenters. The molecule has 1 aliphatic carbocycles. The van der Waals surface area contributed by atoms with Gasteiger partial charge in [-0.1, -0.05) is 60.7 Å². The Morgan fingerprint density at radius 3 is 2.10 bits per heavy atom. The minimum absolute atomic E-state index is 0.102. The van der Waals surface area contributed by atoms with E-state index < -0.39 is 17.2 Å². The van der Waals surface area contributed by atoms with Crippen molar-refractivity contribution in [2.45, 2.75) is 0 Å². The molecular formula is C33H17F2N5. The number of nitrogens with zero attached hydrogens (tertiary/aromatic N) is 3. The van der Waals surface area contributed by atoms with Gasteiger partial charge < -0.3 is 0 Å². The van der Waals surface area contributed by atoms with Crippen molar-refractivity contribution in [3.05, 3.63) is 124 Å². The van der Waals surface area contributed by atoms with E-state index in [4.69, 9.17) is 21.1 Å². The quantitative estimate of drug-likeness (QED) is 0.256. The van der Waals surface area contributed by atoms with Crippen LogP contribution in [0.3, 0.4) is 0 Å². The molecule has 0 unspecified atom stereocenters. The molecule has 0 radical (unpaired) electrons. The molecule has 0 aliphatic heterocycles. The molecule has 188 valence electrons. The van der Waals surface area contributed by atoms with Crippen LogP contribution in [-0.2, 0) is 0 Å². The summed E-state index contributed by atoms with van der Waals surface area (Å²) in [7, 11) is 0. The fourth-order valence-corrected chi connectivity index (χ4v) is 5.07. The van der Waals surface area contributed by atoms with Gasteiger partial charge in [0.15, 0.2) is 0 Å². The summed E-state index contributed by atoms with van der Waals surface area (Å²) in [5.41, 5.74) is 3.36. The Bertz CT molecular complexity index is 2010. The van der Waals surface area contributed by atoms with E-state index in [1.165, 1.54) is 6.08 Å². The molecule has 5 nitrogen and oxygen atoms in total. The molecule has 4 aromatic carbocycles. The second kappa shape index (κ2) is 9.50. The van der Waals surface area contributed by atoms with Gasteiger partial charge in [0.25, 0.3) is 0 Å². The number of hydrogen-bond acceptors (Lipinski definition) is 5. The zero-order valence-corrected chi connectivity index (χ0v) is 20.8. The first-order valence-electron chi connectivity index (χ1n) is 12.2. The second-order valence-electron chi connectivity index (χ2n) is 9.24. The Morgan fingerprint density at radius 2 is 1.40 bits per heavy atom. The summed E-state index contributed by atoms with van der Waals surface area (Å²) in [5.74, 6) is -1.97. The van der Waals surface area contributed by atoms with Crippen LogP contribution in [0.5, 0.6) is 0 Å². The molecule has 1 heterocycles. The standard InChI is InChI=1S/C33H17F2N5/c34-26-12-18(16-36)13-27(35)30(26)24-15-25-29(32(39)31(24)38)23-11-10-20(22-9-5-4-8-21(22)17-37)14-28(23)40-33(25)19-6-2-1-3-7-19/h1-15,38-39H. The van der Waals surface area contributed by atoms with E-state index in [0.29, 0.717) is 33.3 Å². The van der Waals surface area contributed by atoms with E-state index in [0.717, 1.165) is 28.8 Å². The summed E-state index contributed by atoms with van der Waals surface area (Å²) in [6, 6.07) is 27.7. The number of fused-ring (bicyclic) bond motifs is 3. The third-order valence-electron chi connectivity index (χ3n) is 6.93. The van der Waals surface area contributed by atoms with Gasteiger partial charge in [0.2, 0.25) is 0 Å². The van der Waals surface area contributed by atoms with Gasteiger partial charge in [0.1, 0.15) is 11.6 Å². The summed E-state index contributed by atoms with van der Waals surface area (Å²) < 4.78 is 30.1. The van der Waals surface area contributed by atoms with E-state index in [2.05, 4.69) is 6.07 Å². The van der Waals surface area contributed by atoms with Crippen molar-refractivity contribution in [1.29, 1.82) is 21.3 Å². The molecule has 0 saturated carbocycles. The second-order valence-corrected chi connectivity index (χ2v) is 9.24. The van der Waals surface area contributed by atoms with Gasteiger partial charge in [-0.05, 0) is 41.5 Å². The first kappa shape index (κ1) is 24.5.